The predicted molar refractivity (Wildman–Crippen MR) is 89.4 cm³/mol. The van der Waals surface area contributed by atoms with Crippen LogP contribution in [0.25, 0.3) is 5.31 Å². The van der Waals surface area contributed by atoms with Crippen LogP contribution in [-0.4, -0.2) is 13.2 Å². The minimum Gasteiger partial charge on any atom is -0.305 e. The van der Waals surface area contributed by atoms with Gasteiger partial charge in [-0.3, -0.25) is 4.57 Å². The maximum absolute atomic E-state index is 13.1. The summed E-state index contributed by atoms with van der Waals surface area (Å²) < 4.78 is 24.1. The Balaban J connectivity index is 3.07. The standard InChI is InChI=1S/C17H27O3P/c1-4-7-8-12-15-17(16-13-10-9-11-14-16)21(18,19-5-2)20-6-3/h9-11,13-15H,4-8,12H2,1-3H3/b17-15-. The van der Waals surface area contributed by atoms with Gasteiger partial charge in [0.05, 0.1) is 18.5 Å². The second-order valence-corrected chi connectivity index (χ2v) is 6.78. The third-order valence-corrected chi connectivity index (χ3v) is 5.34. The fourth-order valence-corrected chi connectivity index (χ4v) is 4.00. The summed E-state index contributed by atoms with van der Waals surface area (Å²) in [6.07, 6.45) is 6.35. The molecule has 1 aromatic rings. The molecule has 0 aliphatic heterocycles. The molecule has 0 amide bonds. The topological polar surface area (TPSA) is 35.5 Å². The van der Waals surface area contributed by atoms with E-state index in [9.17, 15) is 4.57 Å². The Bertz CT molecular complexity index is 458. The Kier molecular flexibility index (Phi) is 8.60. The van der Waals surface area contributed by atoms with Gasteiger partial charge in [-0.1, -0.05) is 56.2 Å². The molecule has 0 atom stereocenters. The average Bonchev–Trinajstić information content (AvgIpc) is 2.48. The summed E-state index contributed by atoms with van der Waals surface area (Å²) >= 11 is 0. The van der Waals surface area contributed by atoms with E-state index in [1.165, 1.54) is 12.8 Å². The Morgan fingerprint density at radius 2 is 1.67 bits per heavy atom. The van der Waals surface area contributed by atoms with Crippen LogP contribution in [0.4, 0.5) is 0 Å². The summed E-state index contributed by atoms with van der Waals surface area (Å²) in [6.45, 7) is 6.59. The Morgan fingerprint density at radius 3 is 2.19 bits per heavy atom. The number of hydrogen-bond donors (Lipinski definition) is 0. The van der Waals surface area contributed by atoms with Crippen molar-refractivity contribution in [3.8, 4) is 0 Å². The second kappa shape index (κ2) is 9.94. The van der Waals surface area contributed by atoms with Crippen LogP contribution in [0.3, 0.4) is 0 Å². The minimum absolute atomic E-state index is 0.371. The van der Waals surface area contributed by atoms with Gasteiger partial charge in [-0.2, -0.15) is 0 Å². The van der Waals surface area contributed by atoms with Gasteiger partial charge in [0.2, 0.25) is 0 Å². The molecular weight excluding hydrogens is 283 g/mol. The van der Waals surface area contributed by atoms with Gasteiger partial charge in [-0.15, -0.1) is 0 Å². The zero-order valence-electron chi connectivity index (χ0n) is 13.4. The molecule has 0 aromatic heterocycles. The lowest BCUT2D eigenvalue weighted by Crippen LogP contribution is -1.99. The molecule has 1 aromatic carbocycles. The molecule has 0 fully saturated rings. The van der Waals surface area contributed by atoms with Crippen LogP contribution >= 0.6 is 7.60 Å². The molecule has 0 unspecified atom stereocenters. The summed E-state index contributed by atoms with van der Waals surface area (Å²) in [5.74, 6) is 0. The zero-order valence-corrected chi connectivity index (χ0v) is 14.3. The average molecular weight is 310 g/mol. The highest BCUT2D eigenvalue weighted by Crippen LogP contribution is 2.60. The van der Waals surface area contributed by atoms with Crippen LogP contribution < -0.4 is 0 Å². The van der Waals surface area contributed by atoms with Gasteiger partial charge in [-0.25, -0.2) is 0 Å². The van der Waals surface area contributed by atoms with E-state index >= 15 is 0 Å². The molecule has 118 valence electrons. The molecule has 0 N–H and O–H groups in total. The van der Waals surface area contributed by atoms with Crippen LogP contribution in [0.5, 0.6) is 0 Å². The van der Waals surface area contributed by atoms with Crippen molar-refractivity contribution < 1.29 is 13.6 Å². The van der Waals surface area contributed by atoms with Gasteiger partial charge in [0.1, 0.15) is 0 Å². The van der Waals surface area contributed by atoms with Gasteiger partial charge in [-0.05, 0) is 32.3 Å². The van der Waals surface area contributed by atoms with E-state index in [1.807, 2.05) is 50.3 Å². The monoisotopic (exact) mass is 310 g/mol. The lowest BCUT2D eigenvalue weighted by atomic mass is 10.1. The van der Waals surface area contributed by atoms with E-state index in [2.05, 4.69) is 6.92 Å². The first kappa shape index (κ1) is 18.2. The highest BCUT2D eigenvalue weighted by molar-refractivity contribution is 7.65. The molecule has 21 heavy (non-hydrogen) atoms. The molecule has 0 heterocycles. The van der Waals surface area contributed by atoms with E-state index in [4.69, 9.17) is 9.05 Å². The number of rotatable bonds is 10. The van der Waals surface area contributed by atoms with Gasteiger partial charge in [0.15, 0.2) is 0 Å². The molecule has 0 aliphatic rings. The summed E-state index contributed by atoms with van der Waals surface area (Å²) in [6, 6.07) is 9.74. The smallest absolute Gasteiger partial charge is 0.305 e. The van der Waals surface area contributed by atoms with Gasteiger partial charge >= 0.3 is 7.60 Å². The Morgan fingerprint density at radius 1 is 1.05 bits per heavy atom. The van der Waals surface area contributed by atoms with Crippen LogP contribution in [-0.2, 0) is 13.6 Å². The quantitative estimate of drug-likeness (QED) is 0.400. The molecule has 0 bridgehead atoms. The number of hydrogen-bond acceptors (Lipinski definition) is 3. The fourth-order valence-electron chi connectivity index (χ4n) is 2.15. The Hall–Kier alpha value is -0.890. The van der Waals surface area contributed by atoms with E-state index in [-0.39, 0.29) is 0 Å². The number of allylic oxidation sites excluding steroid dienone is 1. The van der Waals surface area contributed by atoms with Gasteiger partial charge < -0.3 is 9.05 Å². The predicted octanol–water partition coefficient (Wildman–Crippen LogP) is 5.87. The second-order valence-electron chi connectivity index (χ2n) is 4.78. The van der Waals surface area contributed by atoms with Crippen LogP contribution in [0.2, 0.25) is 0 Å². The van der Waals surface area contributed by atoms with E-state index in [1.54, 1.807) is 0 Å². The number of unbranched alkanes of at least 4 members (excludes halogenated alkanes) is 3. The van der Waals surface area contributed by atoms with Crippen molar-refractivity contribution in [3.05, 3.63) is 42.0 Å². The van der Waals surface area contributed by atoms with Gasteiger partial charge in [0, 0.05) is 0 Å². The van der Waals surface area contributed by atoms with Crippen molar-refractivity contribution >= 4 is 12.9 Å². The van der Waals surface area contributed by atoms with Crippen molar-refractivity contribution in [2.24, 2.45) is 0 Å². The molecule has 3 nitrogen and oxygen atoms in total. The third-order valence-electron chi connectivity index (χ3n) is 3.11. The van der Waals surface area contributed by atoms with Crippen LogP contribution in [0.15, 0.2) is 36.4 Å². The fraction of sp³-hybridized carbons (Fsp3) is 0.529. The Labute approximate surface area is 128 Å². The molecule has 0 saturated heterocycles. The van der Waals surface area contributed by atoms with Crippen molar-refractivity contribution in [2.75, 3.05) is 13.2 Å². The highest BCUT2D eigenvalue weighted by Gasteiger charge is 2.30. The third kappa shape index (κ3) is 5.78. The summed E-state index contributed by atoms with van der Waals surface area (Å²) in [5.41, 5.74) is 0.916. The van der Waals surface area contributed by atoms with Crippen molar-refractivity contribution in [3.63, 3.8) is 0 Å². The largest absolute Gasteiger partial charge is 0.361 e. The molecule has 0 radical (unpaired) electrons. The first-order chi connectivity index (χ1) is 10.2. The summed E-state index contributed by atoms with van der Waals surface area (Å²) in [5, 5.41) is 0.697. The van der Waals surface area contributed by atoms with E-state index < -0.39 is 7.60 Å². The van der Waals surface area contributed by atoms with Crippen LogP contribution in [0, 0.1) is 0 Å². The van der Waals surface area contributed by atoms with Crippen molar-refractivity contribution in [2.45, 2.75) is 46.5 Å². The van der Waals surface area contributed by atoms with Crippen molar-refractivity contribution in [1.29, 1.82) is 0 Å². The number of benzene rings is 1. The van der Waals surface area contributed by atoms with Crippen molar-refractivity contribution in [1.82, 2.24) is 0 Å². The maximum atomic E-state index is 13.1. The highest BCUT2D eigenvalue weighted by atomic mass is 31.2. The van der Waals surface area contributed by atoms with E-state index in [0.717, 1.165) is 18.4 Å². The molecule has 0 spiro atoms. The van der Waals surface area contributed by atoms with Gasteiger partial charge in [0.25, 0.3) is 0 Å². The molecular formula is C17H27O3P. The lowest BCUT2D eigenvalue weighted by molar-refractivity contribution is 0.230. The van der Waals surface area contributed by atoms with E-state index in [0.29, 0.717) is 18.5 Å². The molecule has 4 heteroatoms. The lowest BCUT2D eigenvalue weighted by Gasteiger charge is -2.20. The SMILES string of the molecule is CCCCC/C=C(/c1ccccc1)P(=O)(OCC)OCC. The molecule has 0 saturated carbocycles. The first-order valence-corrected chi connectivity index (χ1v) is 9.37. The maximum Gasteiger partial charge on any atom is 0.361 e. The minimum atomic E-state index is -3.24. The van der Waals surface area contributed by atoms with Crippen LogP contribution in [0.1, 0.15) is 52.0 Å². The summed E-state index contributed by atoms with van der Waals surface area (Å²) in [4.78, 5) is 0. The normalized spacial score (nSPS) is 12.6. The zero-order chi connectivity index (χ0) is 15.6. The first-order valence-electron chi connectivity index (χ1n) is 7.83. The molecule has 1 rings (SSSR count). The summed E-state index contributed by atoms with van der Waals surface area (Å²) in [7, 11) is -3.24. The molecule has 0 aliphatic carbocycles.